The zero-order valence-corrected chi connectivity index (χ0v) is 14.9. The van der Waals surface area contributed by atoms with Crippen molar-refractivity contribution in [3.63, 3.8) is 0 Å². The van der Waals surface area contributed by atoms with Crippen LogP contribution in [0.4, 0.5) is 0 Å². The zero-order chi connectivity index (χ0) is 18.0. The summed E-state index contributed by atoms with van der Waals surface area (Å²) in [4.78, 5) is 30.8. The van der Waals surface area contributed by atoms with Crippen LogP contribution in [-0.2, 0) is 0 Å². The van der Waals surface area contributed by atoms with Crippen molar-refractivity contribution in [2.75, 3.05) is 0 Å². The Kier molecular flexibility index (Phi) is 3.06. The number of rotatable bonds is 0. The molecule has 0 unspecified atom stereocenters. The molecule has 0 atom stereocenters. The van der Waals surface area contributed by atoms with E-state index in [1.165, 1.54) is 0 Å². The molecule has 1 aliphatic carbocycles. The molecule has 124 valence electrons. The third-order valence-corrected chi connectivity index (χ3v) is 5.54. The van der Waals surface area contributed by atoms with E-state index in [4.69, 9.17) is 0 Å². The molecule has 3 aromatic carbocycles. The topological polar surface area (TPSA) is 67.3 Å². The third kappa shape index (κ3) is 1.86. The highest BCUT2D eigenvalue weighted by Gasteiger charge is 2.35. The maximum absolute atomic E-state index is 13.2. The SMILES string of the molecule is O=C1c2ccccc2C(=O)c2c1c(Br)c(O)c1cc3ccccc3nc21. The van der Waals surface area contributed by atoms with Gasteiger partial charge in [-0.15, -0.1) is 0 Å². The normalized spacial score (nSPS) is 13.1. The van der Waals surface area contributed by atoms with Crippen LogP contribution in [-0.4, -0.2) is 21.7 Å². The van der Waals surface area contributed by atoms with Gasteiger partial charge in [0.15, 0.2) is 11.6 Å². The van der Waals surface area contributed by atoms with Gasteiger partial charge in [0, 0.05) is 21.9 Å². The lowest BCUT2D eigenvalue weighted by atomic mass is 9.82. The Morgan fingerprint density at radius 1 is 0.846 bits per heavy atom. The number of nitrogens with zero attached hydrogens (tertiary/aromatic N) is 1. The smallest absolute Gasteiger partial charge is 0.196 e. The number of fused-ring (bicyclic) bond motifs is 5. The average Bonchev–Trinajstić information content (AvgIpc) is 2.67. The van der Waals surface area contributed by atoms with Gasteiger partial charge < -0.3 is 5.11 Å². The van der Waals surface area contributed by atoms with Crippen molar-refractivity contribution in [1.29, 1.82) is 0 Å². The minimum Gasteiger partial charge on any atom is -0.506 e. The van der Waals surface area contributed by atoms with Gasteiger partial charge in [-0.25, -0.2) is 4.98 Å². The first kappa shape index (κ1) is 15.2. The number of halogens is 1. The van der Waals surface area contributed by atoms with E-state index in [-0.39, 0.29) is 32.9 Å². The maximum Gasteiger partial charge on any atom is 0.196 e. The maximum atomic E-state index is 13.2. The molecule has 5 rings (SSSR count). The molecule has 0 bridgehead atoms. The molecule has 0 saturated carbocycles. The molecule has 0 aliphatic heterocycles. The highest BCUT2D eigenvalue weighted by Crippen LogP contribution is 2.43. The van der Waals surface area contributed by atoms with Crippen molar-refractivity contribution in [2.45, 2.75) is 0 Å². The molecular formula is C21H10BrNO3. The largest absolute Gasteiger partial charge is 0.506 e. The van der Waals surface area contributed by atoms with Crippen LogP contribution in [0, 0.1) is 0 Å². The monoisotopic (exact) mass is 403 g/mol. The zero-order valence-electron chi connectivity index (χ0n) is 13.3. The number of phenols is 1. The van der Waals surface area contributed by atoms with Gasteiger partial charge in [-0.1, -0.05) is 42.5 Å². The number of carbonyl (C=O) groups excluding carboxylic acids is 2. The summed E-state index contributed by atoms with van der Waals surface area (Å²) in [5.74, 6) is -0.643. The van der Waals surface area contributed by atoms with E-state index in [2.05, 4.69) is 20.9 Å². The Balaban J connectivity index is 1.99. The molecule has 0 amide bonds. The van der Waals surface area contributed by atoms with E-state index in [1.54, 1.807) is 30.3 Å². The van der Waals surface area contributed by atoms with Gasteiger partial charge in [0.1, 0.15) is 5.75 Å². The van der Waals surface area contributed by atoms with Crippen LogP contribution < -0.4 is 0 Å². The predicted molar refractivity (Wildman–Crippen MR) is 102 cm³/mol. The Hall–Kier alpha value is -3.05. The Morgan fingerprint density at radius 3 is 2.19 bits per heavy atom. The fraction of sp³-hybridized carbons (Fsp3) is 0. The first-order chi connectivity index (χ1) is 12.6. The molecule has 0 radical (unpaired) electrons. The van der Waals surface area contributed by atoms with Gasteiger partial charge in [0.2, 0.25) is 0 Å². The fourth-order valence-corrected chi connectivity index (χ4v) is 4.13. The average molecular weight is 404 g/mol. The first-order valence-electron chi connectivity index (χ1n) is 8.00. The van der Waals surface area contributed by atoms with E-state index in [0.717, 1.165) is 5.39 Å². The Labute approximate surface area is 156 Å². The molecular weight excluding hydrogens is 394 g/mol. The highest BCUT2D eigenvalue weighted by molar-refractivity contribution is 9.10. The summed E-state index contributed by atoms with van der Waals surface area (Å²) >= 11 is 3.32. The highest BCUT2D eigenvalue weighted by atomic mass is 79.9. The number of ketones is 2. The quantitative estimate of drug-likeness (QED) is 0.382. The summed E-state index contributed by atoms with van der Waals surface area (Å²) in [6, 6.07) is 16.0. The predicted octanol–water partition coefficient (Wildman–Crippen LogP) is 4.63. The second-order valence-electron chi connectivity index (χ2n) is 6.19. The number of aromatic nitrogens is 1. The van der Waals surface area contributed by atoms with Crippen molar-refractivity contribution in [1.82, 2.24) is 4.98 Å². The van der Waals surface area contributed by atoms with Crippen molar-refractivity contribution in [2.24, 2.45) is 0 Å². The summed E-state index contributed by atoms with van der Waals surface area (Å²) in [6.07, 6.45) is 0. The molecule has 4 aromatic rings. The van der Waals surface area contributed by atoms with E-state index in [1.807, 2.05) is 24.3 Å². The summed E-state index contributed by atoms with van der Waals surface area (Å²) in [6.45, 7) is 0. The van der Waals surface area contributed by atoms with Crippen LogP contribution in [0.25, 0.3) is 21.8 Å². The minimum atomic E-state index is -0.297. The lowest BCUT2D eigenvalue weighted by Gasteiger charge is -2.21. The van der Waals surface area contributed by atoms with Crippen molar-refractivity contribution >= 4 is 49.3 Å². The van der Waals surface area contributed by atoms with Gasteiger partial charge in [-0.2, -0.15) is 0 Å². The summed E-state index contributed by atoms with van der Waals surface area (Å²) in [5.41, 5.74) is 2.14. The number of aromatic hydroxyl groups is 1. The molecule has 1 aromatic heterocycles. The number of benzene rings is 3. The van der Waals surface area contributed by atoms with Crippen LogP contribution in [0.15, 0.2) is 59.1 Å². The van der Waals surface area contributed by atoms with Crippen molar-refractivity contribution in [3.8, 4) is 5.75 Å². The van der Waals surface area contributed by atoms with E-state index in [9.17, 15) is 14.7 Å². The van der Waals surface area contributed by atoms with E-state index >= 15 is 0 Å². The van der Waals surface area contributed by atoms with Crippen molar-refractivity contribution in [3.05, 3.63) is 81.3 Å². The number of hydrogen-bond acceptors (Lipinski definition) is 4. The second-order valence-corrected chi connectivity index (χ2v) is 6.99. The second kappa shape index (κ2) is 5.22. The molecule has 0 spiro atoms. The Morgan fingerprint density at radius 2 is 1.46 bits per heavy atom. The van der Waals surface area contributed by atoms with Crippen LogP contribution >= 0.6 is 15.9 Å². The van der Waals surface area contributed by atoms with Crippen LogP contribution in [0.2, 0.25) is 0 Å². The van der Waals surface area contributed by atoms with Crippen LogP contribution in [0.1, 0.15) is 31.8 Å². The van der Waals surface area contributed by atoms with Gasteiger partial charge in [-0.05, 0) is 28.1 Å². The molecule has 1 N–H and O–H groups in total. The number of carbonyl (C=O) groups is 2. The molecule has 5 heteroatoms. The summed E-state index contributed by atoms with van der Waals surface area (Å²) in [7, 11) is 0. The lowest BCUT2D eigenvalue weighted by molar-refractivity contribution is 0.0979. The number of pyridine rings is 1. The first-order valence-corrected chi connectivity index (χ1v) is 8.79. The van der Waals surface area contributed by atoms with Crippen LogP contribution in [0.5, 0.6) is 5.75 Å². The molecule has 1 aliphatic rings. The van der Waals surface area contributed by atoms with Gasteiger partial charge in [0.25, 0.3) is 0 Å². The van der Waals surface area contributed by atoms with Gasteiger partial charge in [-0.3, -0.25) is 9.59 Å². The minimum absolute atomic E-state index is 0.0856. The number of para-hydroxylation sites is 1. The fourth-order valence-electron chi connectivity index (χ4n) is 3.53. The molecule has 4 nitrogen and oxygen atoms in total. The standard InChI is InChI=1S/C21H10BrNO3/c22-17-15-16(20(25)12-7-3-2-6-11(12)19(15)24)18-13(21(17)26)9-10-5-1-4-8-14(10)23-18/h1-9,26H. The number of phenolic OH excluding ortho intramolecular Hbond substituents is 1. The third-order valence-electron chi connectivity index (χ3n) is 4.76. The van der Waals surface area contributed by atoms with E-state index < -0.39 is 0 Å². The lowest BCUT2D eigenvalue weighted by Crippen LogP contribution is -2.22. The summed E-state index contributed by atoms with van der Waals surface area (Å²) in [5, 5.41) is 12.0. The molecule has 0 fully saturated rings. The van der Waals surface area contributed by atoms with Crippen LogP contribution in [0.3, 0.4) is 0 Å². The molecule has 1 heterocycles. The molecule has 26 heavy (non-hydrogen) atoms. The number of hydrogen-bond donors (Lipinski definition) is 1. The van der Waals surface area contributed by atoms with E-state index in [0.29, 0.717) is 27.5 Å². The van der Waals surface area contributed by atoms with Gasteiger partial charge in [0.05, 0.1) is 26.6 Å². The molecule has 0 saturated heterocycles. The van der Waals surface area contributed by atoms with Crippen molar-refractivity contribution < 1.29 is 14.7 Å². The Bertz CT molecular complexity index is 1290. The van der Waals surface area contributed by atoms with Gasteiger partial charge >= 0.3 is 0 Å². The summed E-state index contributed by atoms with van der Waals surface area (Å²) < 4.78 is 0.227.